The predicted molar refractivity (Wildman–Crippen MR) is 107 cm³/mol. The first-order chi connectivity index (χ1) is 13.7. The van der Waals surface area contributed by atoms with E-state index in [1.54, 1.807) is 0 Å². The van der Waals surface area contributed by atoms with Gasteiger partial charge in [0.05, 0.1) is 11.1 Å². The number of nitrogens with zero attached hydrogens (tertiary/aromatic N) is 2. The van der Waals surface area contributed by atoms with E-state index < -0.39 is 0 Å². The van der Waals surface area contributed by atoms with Crippen LogP contribution in [-0.2, 0) is 9.53 Å². The van der Waals surface area contributed by atoms with Crippen LogP contribution in [0.2, 0.25) is 0 Å². The van der Waals surface area contributed by atoms with Gasteiger partial charge in [0.1, 0.15) is 0 Å². The molecule has 1 N–H and O–H groups in total. The van der Waals surface area contributed by atoms with Crippen LogP contribution >= 0.6 is 0 Å². The Morgan fingerprint density at radius 1 is 1.11 bits per heavy atom. The highest BCUT2D eigenvalue weighted by Gasteiger charge is 2.40. The number of fused-ring (bicyclic) bond motifs is 3. The molecule has 1 saturated heterocycles. The fraction of sp³-hybridized carbons (Fsp3) is 0.591. The summed E-state index contributed by atoms with van der Waals surface area (Å²) in [7, 11) is 0. The third-order valence-electron chi connectivity index (χ3n) is 7.00. The molecule has 0 spiro atoms. The second-order valence-corrected chi connectivity index (χ2v) is 8.71. The number of ether oxygens (including phenoxy) is 1. The Morgan fingerprint density at radius 3 is 2.61 bits per heavy atom. The molecule has 1 aliphatic heterocycles. The minimum Gasteiger partial charge on any atom is -0.381 e. The van der Waals surface area contributed by atoms with Gasteiger partial charge in [0.2, 0.25) is 5.91 Å². The van der Waals surface area contributed by atoms with Gasteiger partial charge in [-0.2, -0.15) is 5.10 Å². The maximum absolute atomic E-state index is 12.9. The van der Waals surface area contributed by atoms with E-state index >= 15 is 0 Å². The number of hydrogen-bond donors (Lipinski definition) is 1. The van der Waals surface area contributed by atoms with Gasteiger partial charge in [-0.05, 0) is 55.9 Å². The Hall–Kier alpha value is -2.21. The second kappa shape index (κ2) is 7.32. The molecule has 2 heterocycles. The molecule has 3 aliphatic rings. The molecule has 28 heavy (non-hydrogen) atoms. The van der Waals surface area contributed by atoms with Crippen molar-refractivity contribution in [3.8, 4) is 0 Å². The first kappa shape index (κ1) is 17.9. The lowest BCUT2D eigenvalue weighted by Gasteiger charge is -2.24. The largest absolute Gasteiger partial charge is 0.381 e. The Morgan fingerprint density at radius 2 is 1.89 bits per heavy atom. The van der Waals surface area contributed by atoms with E-state index in [2.05, 4.69) is 10.5 Å². The number of nitrogens with one attached hydrogen (secondary N) is 1. The van der Waals surface area contributed by atoms with Crippen molar-refractivity contribution in [2.24, 2.45) is 17.8 Å². The van der Waals surface area contributed by atoms with Gasteiger partial charge in [0.25, 0.3) is 5.56 Å². The smallest absolute Gasteiger partial charge is 0.294 e. The van der Waals surface area contributed by atoms with Crippen molar-refractivity contribution in [2.75, 3.05) is 18.6 Å². The SMILES string of the molecule is O=C(C[C@H]1C[C@@H]2CC[C@H]1C2)Nn1nc(C2CCOCC2)c2ccccc2c1=O. The quantitative estimate of drug-likeness (QED) is 0.883. The van der Waals surface area contributed by atoms with Crippen LogP contribution < -0.4 is 11.0 Å². The third kappa shape index (κ3) is 3.24. The van der Waals surface area contributed by atoms with Gasteiger partial charge < -0.3 is 4.74 Å². The first-order valence-corrected chi connectivity index (χ1v) is 10.6. The molecule has 2 aromatic rings. The Bertz CT molecular complexity index is 948. The first-order valence-electron chi connectivity index (χ1n) is 10.6. The van der Waals surface area contributed by atoms with Crippen LogP contribution in [0.15, 0.2) is 29.1 Å². The zero-order valence-electron chi connectivity index (χ0n) is 16.1. The van der Waals surface area contributed by atoms with Gasteiger partial charge in [0, 0.05) is 30.9 Å². The summed E-state index contributed by atoms with van der Waals surface area (Å²) in [5.74, 6) is 2.11. The highest BCUT2D eigenvalue weighted by atomic mass is 16.5. The summed E-state index contributed by atoms with van der Waals surface area (Å²) < 4.78 is 5.48. The molecule has 1 amide bonds. The summed E-state index contributed by atoms with van der Waals surface area (Å²) in [6, 6.07) is 7.57. The Labute approximate surface area is 164 Å². The summed E-state index contributed by atoms with van der Waals surface area (Å²) in [5, 5.41) is 6.10. The lowest BCUT2D eigenvalue weighted by atomic mass is 9.86. The standard InChI is InChI=1S/C22H27N3O3/c26-20(13-17-12-14-5-6-16(17)11-14)23-25-22(27)19-4-2-1-3-18(19)21(24-25)15-7-9-28-10-8-15/h1-4,14-17H,5-13H2,(H,23,26)/t14-,16+,17-/m1/s1. The fourth-order valence-electron chi connectivity index (χ4n) is 5.59. The maximum atomic E-state index is 12.9. The molecule has 3 atom stereocenters. The molecule has 6 heteroatoms. The third-order valence-corrected chi connectivity index (χ3v) is 7.00. The number of aromatic nitrogens is 2. The lowest BCUT2D eigenvalue weighted by Crippen LogP contribution is -2.37. The van der Waals surface area contributed by atoms with Crippen molar-refractivity contribution in [3.63, 3.8) is 0 Å². The number of hydrogen-bond acceptors (Lipinski definition) is 4. The number of carbonyl (C=O) groups excluding carboxylic acids is 1. The molecule has 148 valence electrons. The van der Waals surface area contributed by atoms with Crippen molar-refractivity contribution >= 4 is 16.7 Å². The molecule has 2 saturated carbocycles. The van der Waals surface area contributed by atoms with Gasteiger partial charge >= 0.3 is 0 Å². The topological polar surface area (TPSA) is 73.2 Å². The number of amides is 1. The highest BCUT2D eigenvalue weighted by molar-refractivity contribution is 5.86. The minimum absolute atomic E-state index is 0.0969. The summed E-state index contributed by atoms with van der Waals surface area (Å²) in [4.78, 5) is 26.8. The van der Waals surface area contributed by atoms with Gasteiger partial charge in [-0.15, -0.1) is 4.79 Å². The van der Waals surface area contributed by atoms with E-state index in [0.717, 1.165) is 36.3 Å². The molecule has 2 bridgehead atoms. The molecule has 0 unspecified atom stereocenters. The minimum atomic E-state index is -0.257. The van der Waals surface area contributed by atoms with Gasteiger partial charge in [0.15, 0.2) is 0 Å². The van der Waals surface area contributed by atoms with Crippen molar-refractivity contribution < 1.29 is 9.53 Å². The molecule has 1 aromatic carbocycles. The Balaban J connectivity index is 1.42. The Kier molecular flexibility index (Phi) is 4.67. The van der Waals surface area contributed by atoms with Gasteiger partial charge in [-0.25, -0.2) is 5.43 Å². The van der Waals surface area contributed by atoms with E-state index in [0.29, 0.717) is 36.9 Å². The second-order valence-electron chi connectivity index (χ2n) is 8.71. The molecule has 2 aliphatic carbocycles. The van der Waals surface area contributed by atoms with E-state index in [4.69, 9.17) is 4.74 Å². The summed E-state index contributed by atoms with van der Waals surface area (Å²) in [5.41, 5.74) is 3.42. The summed E-state index contributed by atoms with van der Waals surface area (Å²) in [6.45, 7) is 1.41. The van der Waals surface area contributed by atoms with Crippen LogP contribution in [0.25, 0.3) is 10.8 Å². The average Bonchev–Trinajstić information content (AvgIpc) is 3.34. The monoisotopic (exact) mass is 381 g/mol. The number of benzene rings is 1. The van der Waals surface area contributed by atoms with Crippen LogP contribution in [0.4, 0.5) is 0 Å². The molecule has 3 fully saturated rings. The van der Waals surface area contributed by atoms with E-state index in [1.807, 2.05) is 24.3 Å². The highest BCUT2D eigenvalue weighted by Crippen LogP contribution is 2.49. The van der Waals surface area contributed by atoms with Crippen molar-refractivity contribution in [1.82, 2.24) is 9.89 Å². The fourth-order valence-corrected chi connectivity index (χ4v) is 5.59. The summed E-state index contributed by atoms with van der Waals surface area (Å²) >= 11 is 0. The zero-order valence-corrected chi connectivity index (χ0v) is 16.1. The molecular formula is C22H27N3O3. The zero-order chi connectivity index (χ0) is 19.1. The molecule has 5 rings (SSSR count). The summed E-state index contributed by atoms with van der Waals surface area (Å²) in [6.07, 6.45) is 7.27. The van der Waals surface area contributed by atoms with Crippen LogP contribution in [0.5, 0.6) is 0 Å². The van der Waals surface area contributed by atoms with E-state index in [9.17, 15) is 9.59 Å². The van der Waals surface area contributed by atoms with Gasteiger partial charge in [-0.1, -0.05) is 24.6 Å². The maximum Gasteiger partial charge on any atom is 0.294 e. The van der Waals surface area contributed by atoms with E-state index in [-0.39, 0.29) is 17.4 Å². The van der Waals surface area contributed by atoms with E-state index in [1.165, 1.54) is 24.1 Å². The van der Waals surface area contributed by atoms with Crippen LogP contribution in [0, 0.1) is 17.8 Å². The van der Waals surface area contributed by atoms with Crippen molar-refractivity contribution in [3.05, 3.63) is 40.3 Å². The molecule has 0 radical (unpaired) electrons. The van der Waals surface area contributed by atoms with Crippen LogP contribution in [-0.4, -0.2) is 29.0 Å². The predicted octanol–water partition coefficient (Wildman–Crippen LogP) is 3.19. The molecule has 6 nitrogen and oxygen atoms in total. The lowest BCUT2D eigenvalue weighted by molar-refractivity contribution is -0.118. The van der Waals surface area contributed by atoms with Gasteiger partial charge in [-0.3, -0.25) is 9.59 Å². The van der Waals surface area contributed by atoms with Crippen molar-refractivity contribution in [1.29, 1.82) is 0 Å². The van der Waals surface area contributed by atoms with Crippen LogP contribution in [0.1, 0.15) is 56.6 Å². The van der Waals surface area contributed by atoms with Crippen LogP contribution in [0.3, 0.4) is 0 Å². The number of rotatable bonds is 4. The molecule has 1 aromatic heterocycles. The number of carbonyl (C=O) groups is 1. The average molecular weight is 381 g/mol. The molecular weight excluding hydrogens is 354 g/mol. The van der Waals surface area contributed by atoms with Crippen molar-refractivity contribution in [2.45, 2.75) is 50.9 Å². The normalized spacial score (nSPS) is 27.4.